The summed E-state index contributed by atoms with van der Waals surface area (Å²) in [7, 11) is 0. The monoisotopic (exact) mass is 151 g/mol. The summed E-state index contributed by atoms with van der Waals surface area (Å²) in [5.74, 6) is 0.737. The summed E-state index contributed by atoms with van der Waals surface area (Å²) in [6.45, 7) is 3.64. The molecular weight excluding hydrogens is 142 g/mol. The second kappa shape index (κ2) is 3.14. The molecule has 0 N–H and O–H groups in total. The van der Waals surface area contributed by atoms with Crippen LogP contribution in [-0.2, 0) is 4.79 Å². The molecule has 1 heterocycles. The number of nitrogens with zero attached hydrogens (tertiary/aromatic N) is 1. The molecule has 0 atom stereocenters. The van der Waals surface area contributed by atoms with Crippen LogP contribution in [0.2, 0.25) is 0 Å². The van der Waals surface area contributed by atoms with Gasteiger partial charge in [0.1, 0.15) is 12.0 Å². The molecule has 3 nitrogen and oxygen atoms in total. The van der Waals surface area contributed by atoms with Crippen LogP contribution in [0, 0.1) is 13.8 Å². The molecule has 0 bridgehead atoms. The van der Waals surface area contributed by atoms with Gasteiger partial charge in [-0.25, -0.2) is 0 Å². The quantitative estimate of drug-likeness (QED) is 0.475. The first-order chi connectivity index (χ1) is 5.25. The number of rotatable bonds is 2. The summed E-state index contributed by atoms with van der Waals surface area (Å²) in [6, 6.07) is 0. The van der Waals surface area contributed by atoms with Crippen molar-refractivity contribution in [3.8, 4) is 0 Å². The Kier molecular flexibility index (Phi) is 2.21. The summed E-state index contributed by atoms with van der Waals surface area (Å²) in [4.78, 5) is 9.98. The number of allylic oxidation sites excluding steroid dienone is 1. The van der Waals surface area contributed by atoms with Gasteiger partial charge in [0.25, 0.3) is 0 Å². The highest BCUT2D eigenvalue weighted by Crippen LogP contribution is 2.12. The minimum atomic E-state index is 0.728. The minimum absolute atomic E-state index is 0.728. The van der Waals surface area contributed by atoms with Crippen molar-refractivity contribution in [3.63, 3.8) is 0 Å². The normalized spacial score (nSPS) is 10.7. The van der Waals surface area contributed by atoms with Crippen LogP contribution in [0.5, 0.6) is 0 Å². The molecule has 58 valence electrons. The van der Waals surface area contributed by atoms with Gasteiger partial charge in [-0.1, -0.05) is 5.16 Å². The van der Waals surface area contributed by atoms with Crippen molar-refractivity contribution in [2.24, 2.45) is 0 Å². The van der Waals surface area contributed by atoms with E-state index >= 15 is 0 Å². The van der Waals surface area contributed by atoms with Gasteiger partial charge in [0.2, 0.25) is 0 Å². The lowest BCUT2D eigenvalue weighted by Crippen LogP contribution is -1.76. The fraction of sp³-hybridized carbons (Fsp3) is 0.250. The molecule has 0 spiro atoms. The van der Waals surface area contributed by atoms with E-state index in [1.165, 1.54) is 6.08 Å². The number of carbonyl (C=O) groups is 1. The molecule has 3 heteroatoms. The molecule has 1 aromatic rings. The maximum absolute atomic E-state index is 9.98. The highest BCUT2D eigenvalue weighted by atomic mass is 16.5. The zero-order chi connectivity index (χ0) is 8.27. The fourth-order valence-corrected chi connectivity index (χ4v) is 0.863. The molecule has 0 unspecified atom stereocenters. The molecule has 0 radical (unpaired) electrons. The molecule has 0 saturated heterocycles. The summed E-state index contributed by atoms with van der Waals surface area (Å²) in [5.41, 5.74) is 1.69. The molecule has 0 aromatic carbocycles. The van der Waals surface area contributed by atoms with Crippen LogP contribution < -0.4 is 0 Å². The fourth-order valence-electron chi connectivity index (χ4n) is 0.863. The zero-order valence-electron chi connectivity index (χ0n) is 6.50. The summed E-state index contributed by atoms with van der Waals surface area (Å²) < 4.78 is 4.88. The first kappa shape index (κ1) is 7.72. The summed E-state index contributed by atoms with van der Waals surface area (Å²) in [6.07, 6.45) is 3.84. The van der Waals surface area contributed by atoms with Crippen LogP contribution in [-0.4, -0.2) is 11.4 Å². The highest BCUT2D eigenvalue weighted by molar-refractivity contribution is 5.74. The lowest BCUT2D eigenvalue weighted by molar-refractivity contribution is -0.104. The first-order valence-electron chi connectivity index (χ1n) is 3.30. The van der Waals surface area contributed by atoms with Crippen LogP contribution in [0.25, 0.3) is 6.08 Å². The van der Waals surface area contributed by atoms with Crippen LogP contribution in [0.15, 0.2) is 10.6 Å². The van der Waals surface area contributed by atoms with Crippen molar-refractivity contribution in [1.82, 2.24) is 5.16 Å². The van der Waals surface area contributed by atoms with Crippen LogP contribution in [0.4, 0.5) is 0 Å². The maximum Gasteiger partial charge on any atom is 0.142 e. The smallest absolute Gasteiger partial charge is 0.142 e. The number of hydrogen-bond donors (Lipinski definition) is 0. The standard InChI is InChI=1S/C8H9NO2/c1-6-8(4-3-5-10)7(2)11-9-6/h3-5H,1-2H3/b4-3+. The number of aldehydes is 1. The van der Waals surface area contributed by atoms with E-state index in [2.05, 4.69) is 5.16 Å². The minimum Gasteiger partial charge on any atom is -0.361 e. The molecule has 0 amide bonds. The van der Waals surface area contributed by atoms with Gasteiger partial charge in [-0.05, 0) is 26.0 Å². The van der Waals surface area contributed by atoms with Crippen LogP contribution in [0.1, 0.15) is 17.0 Å². The zero-order valence-corrected chi connectivity index (χ0v) is 6.50. The van der Waals surface area contributed by atoms with Gasteiger partial charge in [-0.3, -0.25) is 4.79 Å². The van der Waals surface area contributed by atoms with E-state index in [1.54, 1.807) is 6.08 Å². The van der Waals surface area contributed by atoms with E-state index in [9.17, 15) is 4.79 Å². The van der Waals surface area contributed by atoms with E-state index in [0.717, 1.165) is 23.3 Å². The molecule has 0 aliphatic heterocycles. The van der Waals surface area contributed by atoms with Gasteiger partial charge >= 0.3 is 0 Å². The lowest BCUT2D eigenvalue weighted by Gasteiger charge is -1.85. The van der Waals surface area contributed by atoms with E-state index in [-0.39, 0.29) is 0 Å². The van der Waals surface area contributed by atoms with Gasteiger partial charge in [-0.15, -0.1) is 0 Å². The Morgan fingerprint density at radius 1 is 1.45 bits per heavy atom. The Bertz CT molecular complexity index is 267. The average molecular weight is 151 g/mol. The topological polar surface area (TPSA) is 43.1 Å². The van der Waals surface area contributed by atoms with E-state index in [1.807, 2.05) is 13.8 Å². The Morgan fingerprint density at radius 2 is 2.18 bits per heavy atom. The van der Waals surface area contributed by atoms with Gasteiger partial charge < -0.3 is 4.52 Å². The van der Waals surface area contributed by atoms with E-state index in [0.29, 0.717) is 0 Å². The Balaban J connectivity index is 3.00. The lowest BCUT2D eigenvalue weighted by atomic mass is 10.2. The SMILES string of the molecule is Cc1noc(C)c1/C=C/C=O. The molecular formula is C8H9NO2. The maximum atomic E-state index is 9.98. The Hall–Kier alpha value is -1.38. The van der Waals surface area contributed by atoms with Crippen LogP contribution in [0.3, 0.4) is 0 Å². The van der Waals surface area contributed by atoms with Gasteiger partial charge in [0, 0.05) is 5.56 Å². The Morgan fingerprint density at radius 3 is 2.64 bits per heavy atom. The number of aromatic nitrogens is 1. The number of hydrogen-bond acceptors (Lipinski definition) is 3. The second-order valence-corrected chi connectivity index (χ2v) is 2.23. The van der Waals surface area contributed by atoms with Gasteiger partial charge in [0.05, 0.1) is 5.69 Å². The van der Waals surface area contributed by atoms with Crippen molar-refractivity contribution in [1.29, 1.82) is 0 Å². The third kappa shape index (κ3) is 1.55. The van der Waals surface area contributed by atoms with Crippen molar-refractivity contribution < 1.29 is 9.32 Å². The summed E-state index contributed by atoms with van der Waals surface area (Å²) >= 11 is 0. The molecule has 11 heavy (non-hydrogen) atoms. The average Bonchev–Trinajstić information content (AvgIpc) is 2.29. The number of carbonyl (C=O) groups excluding carboxylic acids is 1. The van der Waals surface area contributed by atoms with Crippen molar-refractivity contribution in [2.45, 2.75) is 13.8 Å². The number of aryl methyl sites for hydroxylation is 2. The summed E-state index contributed by atoms with van der Waals surface area (Å²) in [5, 5.41) is 3.73. The van der Waals surface area contributed by atoms with E-state index < -0.39 is 0 Å². The first-order valence-corrected chi connectivity index (χ1v) is 3.30. The second-order valence-electron chi connectivity index (χ2n) is 2.23. The van der Waals surface area contributed by atoms with E-state index in [4.69, 9.17) is 4.52 Å². The molecule has 0 saturated carbocycles. The third-order valence-electron chi connectivity index (χ3n) is 1.43. The largest absolute Gasteiger partial charge is 0.361 e. The van der Waals surface area contributed by atoms with Gasteiger partial charge in [0.15, 0.2) is 0 Å². The predicted molar refractivity (Wildman–Crippen MR) is 41.1 cm³/mol. The van der Waals surface area contributed by atoms with Crippen molar-refractivity contribution in [3.05, 3.63) is 23.1 Å². The van der Waals surface area contributed by atoms with Crippen molar-refractivity contribution >= 4 is 12.4 Å². The third-order valence-corrected chi connectivity index (χ3v) is 1.43. The van der Waals surface area contributed by atoms with Crippen LogP contribution >= 0.6 is 0 Å². The van der Waals surface area contributed by atoms with Crippen molar-refractivity contribution in [2.75, 3.05) is 0 Å². The molecule has 1 aromatic heterocycles. The molecule has 0 aliphatic carbocycles. The molecule has 0 aliphatic rings. The molecule has 0 fully saturated rings. The predicted octanol–water partition coefficient (Wildman–Crippen LogP) is 1.50. The Labute approximate surface area is 64.7 Å². The van der Waals surface area contributed by atoms with Gasteiger partial charge in [-0.2, -0.15) is 0 Å². The molecule has 1 rings (SSSR count). The highest BCUT2D eigenvalue weighted by Gasteiger charge is 2.03.